The number of urea groups is 1. The molecule has 17 heteroatoms. The summed E-state index contributed by atoms with van der Waals surface area (Å²) in [5, 5.41) is 5.26. The van der Waals surface area contributed by atoms with Crippen molar-refractivity contribution in [1.29, 1.82) is 0 Å². The Morgan fingerprint density at radius 1 is 0.825 bits per heavy atom. The van der Waals surface area contributed by atoms with Crippen molar-refractivity contribution in [3.05, 3.63) is 12.2 Å². The van der Waals surface area contributed by atoms with Gasteiger partial charge in [-0.25, -0.2) is 24.2 Å². The Kier molecular flexibility index (Phi) is 26.3. The lowest BCUT2D eigenvalue weighted by Gasteiger charge is -2.22. The third kappa shape index (κ3) is 24.3. The van der Waals surface area contributed by atoms with E-state index in [-0.39, 0.29) is 32.3 Å². The minimum absolute atomic E-state index is 0.0442. The number of hydrogen-bond donors (Lipinski definition) is 3. The molecular formula is C23H46N4O11Si2. The molecule has 232 valence electrons. The highest BCUT2D eigenvalue weighted by Gasteiger charge is 2.28. The first kappa shape index (κ1) is 41.7. The molecule has 15 nitrogen and oxygen atoms in total. The zero-order valence-electron chi connectivity index (χ0n) is 24.9. The summed E-state index contributed by atoms with van der Waals surface area (Å²) in [5.74, 6) is -2.04. The molecule has 0 fully saturated rings. The number of isocyanates is 1. The van der Waals surface area contributed by atoms with E-state index in [9.17, 15) is 24.0 Å². The molecule has 0 aromatic carbocycles. The van der Waals surface area contributed by atoms with Gasteiger partial charge < -0.3 is 43.5 Å². The number of nitrogens with one attached hydrogen (secondary N) is 2. The second-order valence-electron chi connectivity index (χ2n) is 8.14. The van der Waals surface area contributed by atoms with Gasteiger partial charge in [0.25, 0.3) is 0 Å². The molecule has 0 saturated heterocycles. The van der Waals surface area contributed by atoms with E-state index >= 15 is 0 Å². The van der Waals surface area contributed by atoms with E-state index in [1.807, 2.05) is 13.1 Å². The van der Waals surface area contributed by atoms with Gasteiger partial charge in [0.15, 0.2) is 0 Å². The summed E-state index contributed by atoms with van der Waals surface area (Å²) in [6.45, 7) is 11.5. The first-order valence-electron chi connectivity index (χ1n) is 12.2. The first-order chi connectivity index (χ1) is 18.7. The van der Waals surface area contributed by atoms with E-state index in [4.69, 9.17) is 28.2 Å². The number of amides is 2. The van der Waals surface area contributed by atoms with Crippen LogP contribution in [0.1, 0.15) is 13.8 Å². The maximum absolute atomic E-state index is 11.4. The molecule has 0 saturated carbocycles. The number of aliphatic imine (C=N–C) groups is 1. The van der Waals surface area contributed by atoms with E-state index < -0.39 is 34.8 Å². The molecule has 2 amide bonds. The average Bonchev–Trinajstić information content (AvgIpc) is 2.93. The SMILES string of the molecule is C=C(C)C(=O)OCCNC(=O)NCC[Si](C)(OC)OC.CC(=O)C(=O)OCCN=C=O.CO[Si](C)(CCN)OC. The van der Waals surface area contributed by atoms with Gasteiger partial charge in [-0.2, -0.15) is 0 Å². The summed E-state index contributed by atoms with van der Waals surface area (Å²) in [7, 11) is 2.58. The monoisotopic (exact) mass is 610 g/mol. The summed E-state index contributed by atoms with van der Waals surface area (Å²) >= 11 is 0. The Bertz CT molecular complexity index is 817. The Hall–Kier alpha value is -2.77. The molecule has 0 aromatic heterocycles. The second-order valence-corrected chi connectivity index (χ2v) is 15.3. The Morgan fingerprint density at radius 3 is 1.70 bits per heavy atom. The van der Waals surface area contributed by atoms with Crippen LogP contribution in [0.5, 0.6) is 0 Å². The van der Waals surface area contributed by atoms with Crippen LogP contribution in [0, 0.1) is 0 Å². The van der Waals surface area contributed by atoms with E-state index in [2.05, 4.69) is 26.9 Å². The number of nitrogens with zero attached hydrogens (tertiary/aromatic N) is 1. The number of esters is 2. The third-order valence-corrected chi connectivity index (χ3v) is 10.8. The Morgan fingerprint density at radius 2 is 1.30 bits per heavy atom. The number of carbonyl (C=O) groups excluding carboxylic acids is 5. The molecule has 0 aliphatic carbocycles. The van der Waals surface area contributed by atoms with Crippen molar-refractivity contribution >= 4 is 47.0 Å². The number of nitrogens with two attached hydrogens (primary N) is 1. The molecule has 0 unspecified atom stereocenters. The highest BCUT2D eigenvalue weighted by atomic mass is 28.4. The Labute approximate surface area is 238 Å². The summed E-state index contributed by atoms with van der Waals surface area (Å²) < 4.78 is 30.1. The number of Topliss-reactive ketones (excluding diaryl/α,β-unsaturated/α-hetero) is 1. The summed E-state index contributed by atoms with van der Waals surface area (Å²) in [5.41, 5.74) is 5.67. The lowest BCUT2D eigenvalue weighted by Crippen LogP contribution is -2.43. The molecular weight excluding hydrogens is 564 g/mol. The van der Waals surface area contributed by atoms with Crippen LogP contribution in [0.4, 0.5) is 4.79 Å². The normalized spacial score (nSPS) is 10.3. The van der Waals surface area contributed by atoms with Gasteiger partial charge in [-0.15, -0.1) is 0 Å². The summed E-state index contributed by atoms with van der Waals surface area (Å²) in [4.78, 5) is 55.7. The zero-order valence-corrected chi connectivity index (χ0v) is 26.9. The van der Waals surface area contributed by atoms with Crippen molar-refractivity contribution in [3.63, 3.8) is 0 Å². The van der Waals surface area contributed by atoms with Crippen molar-refractivity contribution < 1.29 is 51.2 Å². The van der Waals surface area contributed by atoms with Crippen LogP contribution >= 0.6 is 0 Å². The molecule has 0 aliphatic heterocycles. The maximum atomic E-state index is 11.4. The number of hydrogen-bond acceptors (Lipinski definition) is 13. The topological polar surface area (TPSA) is 203 Å². The fourth-order valence-corrected chi connectivity index (χ4v) is 4.32. The van der Waals surface area contributed by atoms with Gasteiger partial charge >= 0.3 is 35.1 Å². The smallest absolute Gasteiger partial charge is 0.374 e. The molecule has 0 heterocycles. The van der Waals surface area contributed by atoms with Gasteiger partial charge in [0.05, 0.1) is 13.1 Å². The van der Waals surface area contributed by atoms with Crippen LogP contribution in [0.2, 0.25) is 25.2 Å². The van der Waals surface area contributed by atoms with Gasteiger partial charge in [0.1, 0.15) is 13.2 Å². The van der Waals surface area contributed by atoms with Gasteiger partial charge in [-0.1, -0.05) is 6.58 Å². The predicted molar refractivity (Wildman–Crippen MR) is 152 cm³/mol. The first-order valence-corrected chi connectivity index (χ1v) is 17.2. The van der Waals surface area contributed by atoms with E-state index in [0.29, 0.717) is 24.7 Å². The quantitative estimate of drug-likeness (QED) is 0.0393. The minimum atomic E-state index is -2.15. The van der Waals surface area contributed by atoms with E-state index in [1.54, 1.807) is 35.4 Å². The van der Waals surface area contributed by atoms with Gasteiger partial charge in [-0.05, 0) is 26.6 Å². The van der Waals surface area contributed by atoms with Crippen LogP contribution in [0.25, 0.3) is 0 Å². The Balaban J connectivity index is -0.000000575. The van der Waals surface area contributed by atoms with Crippen LogP contribution in [-0.4, -0.2) is 115 Å². The second kappa shape index (κ2) is 25.2. The van der Waals surface area contributed by atoms with Gasteiger partial charge in [0.2, 0.25) is 11.9 Å². The molecule has 0 aliphatic rings. The molecule has 40 heavy (non-hydrogen) atoms. The summed E-state index contributed by atoms with van der Waals surface area (Å²) in [6, 6.07) is 1.19. The number of rotatable bonds is 17. The third-order valence-electron chi connectivity index (χ3n) is 4.95. The lowest BCUT2D eigenvalue weighted by molar-refractivity contribution is -0.152. The van der Waals surface area contributed by atoms with E-state index in [1.165, 1.54) is 6.08 Å². The molecule has 0 atom stereocenters. The predicted octanol–water partition coefficient (Wildman–Crippen LogP) is 0.534. The minimum Gasteiger partial charge on any atom is -0.460 e. The van der Waals surface area contributed by atoms with Crippen molar-refractivity contribution in [2.24, 2.45) is 10.7 Å². The molecule has 0 spiro atoms. The molecule has 4 N–H and O–H groups in total. The maximum Gasteiger partial charge on any atom is 0.374 e. The number of carbonyl (C=O) groups is 4. The largest absolute Gasteiger partial charge is 0.460 e. The van der Waals surface area contributed by atoms with Crippen LogP contribution in [-0.2, 0) is 46.4 Å². The summed E-state index contributed by atoms with van der Waals surface area (Å²) in [6.07, 6.45) is 1.27. The zero-order chi connectivity index (χ0) is 31.6. The molecule has 0 radical (unpaired) electrons. The van der Waals surface area contributed by atoms with Gasteiger partial charge in [-0.3, -0.25) is 4.79 Å². The highest BCUT2D eigenvalue weighted by molar-refractivity contribution is 6.66. The van der Waals surface area contributed by atoms with Crippen LogP contribution in [0.15, 0.2) is 17.1 Å². The van der Waals surface area contributed by atoms with Crippen molar-refractivity contribution in [2.45, 2.75) is 39.0 Å². The lowest BCUT2D eigenvalue weighted by atomic mass is 10.4. The van der Waals surface area contributed by atoms with Crippen LogP contribution in [0.3, 0.4) is 0 Å². The van der Waals surface area contributed by atoms with Crippen molar-refractivity contribution in [2.75, 3.05) is 67.8 Å². The van der Waals surface area contributed by atoms with Gasteiger partial charge in [0, 0.05) is 59.6 Å². The molecule has 0 rings (SSSR count). The van der Waals surface area contributed by atoms with E-state index in [0.717, 1.165) is 13.0 Å². The fourth-order valence-electron chi connectivity index (χ4n) is 2.07. The molecule has 0 bridgehead atoms. The van der Waals surface area contributed by atoms with Crippen molar-refractivity contribution in [1.82, 2.24) is 10.6 Å². The standard InChI is InChI=1S/C12H24N2O5Si.C6H7NO4.C5H15NO2Si/c1-10(2)11(15)19-8-6-13-12(16)14-7-9-20(5,17-3)18-4;1-5(9)6(10)11-3-2-7-4-8;1-7-9(3,8-2)5-4-6/h1,6-9H2,2-5H3,(H2,13,14,16);2-3H2,1H3;4-6H2,1-3H3. The van der Waals surface area contributed by atoms with Crippen molar-refractivity contribution in [3.8, 4) is 0 Å². The average molecular weight is 611 g/mol. The number of ether oxygens (including phenoxy) is 2. The van der Waals surface area contributed by atoms with Crippen LogP contribution < -0.4 is 16.4 Å². The highest BCUT2D eigenvalue weighted by Crippen LogP contribution is 2.09. The fraction of sp³-hybridized carbons (Fsp3) is 0.696. The molecule has 0 aromatic rings. The number of ketones is 1.